The van der Waals surface area contributed by atoms with Crippen LogP contribution in [0.25, 0.3) is 10.9 Å². The Balaban J connectivity index is 1.68. The van der Waals surface area contributed by atoms with Crippen LogP contribution in [-0.2, 0) is 18.0 Å². The largest absolute Gasteiger partial charge is 0.493 e. The van der Waals surface area contributed by atoms with Gasteiger partial charge in [-0.05, 0) is 48.4 Å². The summed E-state index contributed by atoms with van der Waals surface area (Å²) in [6, 6.07) is -0.000281. The Morgan fingerprint density at radius 3 is 2.68 bits per heavy atom. The summed E-state index contributed by atoms with van der Waals surface area (Å²) in [7, 11) is 4.04. The number of halogens is 2. The summed E-state index contributed by atoms with van der Waals surface area (Å²) in [5.41, 5.74) is 1.57. The second kappa shape index (κ2) is 6.03. The van der Waals surface area contributed by atoms with Crippen LogP contribution in [0.3, 0.4) is 0 Å². The van der Waals surface area contributed by atoms with Gasteiger partial charge in [-0.15, -0.1) is 0 Å². The third-order valence-electron chi connectivity index (χ3n) is 4.81. The quantitative estimate of drug-likeness (QED) is 0.815. The molecular formula is C17H19BrFN3O3. The summed E-state index contributed by atoms with van der Waals surface area (Å²) in [6.45, 7) is 1.96. The number of hydrogen-bond donors (Lipinski definition) is 1. The van der Waals surface area contributed by atoms with Gasteiger partial charge in [0.25, 0.3) is 0 Å². The van der Waals surface area contributed by atoms with E-state index in [-0.39, 0.29) is 22.8 Å². The highest BCUT2D eigenvalue weighted by Gasteiger charge is 2.44. The van der Waals surface area contributed by atoms with Crippen molar-refractivity contribution in [3.63, 3.8) is 0 Å². The summed E-state index contributed by atoms with van der Waals surface area (Å²) in [5, 5.41) is 10.6. The van der Waals surface area contributed by atoms with Gasteiger partial charge in [0.15, 0.2) is 5.82 Å². The molecule has 1 aliphatic carbocycles. The Hall–Kier alpha value is -1.51. The third kappa shape index (κ3) is 2.96. The van der Waals surface area contributed by atoms with Crippen LogP contribution in [0.5, 0.6) is 11.9 Å². The molecule has 0 radical (unpaired) electrons. The molecule has 1 N–H and O–H groups in total. The van der Waals surface area contributed by atoms with Crippen LogP contribution in [0, 0.1) is 11.2 Å². The maximum atomic E-state index is 14.7. The second-order valence-electron chi connectivity index (χ2n) is 7.16. The van der Waals surface area contributed by atoms with Crippen molar-refractivity contribution in [3.05, 3.63) is 21.4 Å². The molecule has 0 atom stereocenters. The van der Waals surface area contributed by atoms with Gasteiger partial charge in [-0.3, -0.25) is 0 Å². The Morgan fingerprint density at radius 1 is 1.28 bits per heavy atom. The summed E-state index contributed by atoms with van der Waals surface area (Å²) in [6.07, 6.45) is 2.16. The van der Waals surface area contributed by atoms with E-state index in [1.165, 1.54) is 0 Å². The van der Waals surface area contributed by atoms with Gasteiger partial charge >= 0.3 is 6.01 Å². The first-order valence-electron chi connectivity index (χ1n) is 8.15. The lowest BCUT2D eigenvalue weighted by Gasteiger charge is -2.20. The summed E-state index contributed by atoms with van der Waals surface area (Å²) >= 11 is 3.27. The van der Waals surface area contributed by atoms with Crippen molar-refractivity contribution in [2.24, 2.45) is 5.41 Å². The molecule has 0 spiro atoms. The van der Waals surface area contributed by atoms with Gasteiger partial charge in [-0.2, -0.15) is 9.97 Å². The molecule has 6 nitrogen and oxygen atoms in total. The summed E-state index contributed by atoms with van der Waals surface area (Å²) < 4.78 is 26.1. The van der Waals surface area contributed by atoms with Gasteiger partial charge in [-0.25, -0.2) is 4.39 Å². The summed E-state index contributed by atoms with van der Waals surface area (Å²) in [5.74, 6) is -0.804. The Morgan fingerprint density at radius 2 is 2.00 bits per heavy atom. The average molecular weight is 412 g/mol. The average Bonchev–Trinajstić information content (AvgIpc) is 3.13. The van der Waals surface area contributed by atoms with Gasteiger partial charge in [0.05, 0.1) is 29.7 Å². The first kappa shape index (κ1) is 16.9. The molecule has 1 aromatic carbocycles. The van der Waals surface area contributed by atoms with Crippen LogP contribution < -0.4 is 4.74 Å². The van der Waals surface area contributed by atoms with Crippen LogP contribution in [0.2, 0.25) is 0 Å². The van der Waals surface area contributed by atoms with Crippen LogP contribution in [0.1, 0.15) is 24.0 Å². The fourth-order valence-corrected chi connectivity index (χ4v) is 3.97. The fraction of sp³-hybridized carbons (Fsp3) is 0.529. The van der Waals surface area contributed by atoms with E-state index in [1.54, 1.807) is 0 Å². The molecule has 0 saturated heterocycles. The number of ether oxygens (including phenoxy) is 2. The lowest BCUT2D eigenvalue weighted by atomic mass is 10.0. The molecular weight excluding hydrogens is 393 g/mol. The standard InChI is InChI=1S/C17H19BrFN3O3/c1-22(2)7-17(3-4-17)8-25-16-20-14-11(15(23)21-16)9-5-24-6-10(9)12(18)13(14)19/h3-8H2,1-2H3,(H,20,21,23). The number of aromatic hydroxyl groups is 1. The Bertz CT molecular complexity index is 855. The van der Waals surface area contributed by atoms with E-state index >= 15 is 0 Å². The second-order valence-corrected chi connectivity index (χ2v) is 7.95. The number of benzene rings is 1. The van der Waals surface area contributed by atoms with E-state index in [0.29, 0.717) is 35.2 Å². The lowest BCUT2D eigenvalue weighted by Crippen LogP contribution is -2.28. The minimum absolute atomic E-state index is 0.000281. The first-order chi connectivity index (χ1) is 11.9. The van der Waals surface area contributed by atoms with E-state index < -0.39 is 5.82 Å². The molecule has 0 unspecified atom stereocenters. The Kier molecular flexibility index (Phi) is 4.09. The highest BCUT2D eigenvalue weighted by molar-refractivity contribution is 9.10. The van der Waals surface area contributed by atoms with E-state index in [2.05, 4.69) is 30.8 Å². The number of nitrogens with zero attached hydrogens (tertiary/aromatic N) is 3. The molecule has 0 bridgehead atoms. The highest BCUT2D eigenvalue weighted by atomic mass is 79.9. The van der Waals surface area contributed by atoms with Crippen molar-refractivity contribution in [1.29, 1.82) is 0 Å². The Labute approximate surface area is 153 Å². The van der Waals surface area contributed by atoms with Crippen molar-refractivity contribution >= 4 is 26.8 Å². The minimum Gasteiger partial charge on any atom is -0.493 e. The predicted molar refractivity (Wildman–Crippen MR) is 93.1 cm³/mol. The smallest absolute Gasteiger partial charge is 0.320 e. The lowest BCUT2D eigenvalue weighted by molar-refractivity contribution is 0.134. The van der Waals surface area contributed by atoms with E-state index in [0.717, 1.165) is 24.9 Å². The van der Waals surface area contributed by atoms with E-state index in [1.807, 2.05) is 14.1 Å². The molecule has 2 aliphatic rings. The molecule has 2 heterocycles. The zero-order valence-electron chi connectivity index (χ0n) is 14.1. The van der Waals surface area contributed by atoms with Crippen LogP contribution in [-0.4, -0.2) is 47.2 Å². The van der Waals surface area contributed by atoms with Gasteiger partial charge < -0.3 is 19.5 Å². The molecule has 0 amide bonds. The molecule has 1 fully saturated rings. The van der Waals surface area contributed by atoms with E-state index in [4.69, 9.17) is 9.47 Å². The van der Waals surface area contributed by atoms with Crippen molar-refractivity contribution in [1.82, 2.24) is 14.9 Å². The maximum Gasteiger partial charge on any atom is 0.320 e. The minimum atomic E-state index is -0.531. The van der Waals surface area contributed by atoms with Crippen LogP contribution >= 0.6 is 15.9 Å². The van der Waals surface area contributed by atoms with Gasteiger partial charge in [-0.1, -0.05) is 0 Å². The molecule has 25 heavy (non-hydrogen) atoms. The van der Waals surface area contributed by atoms with Crippen molar-refractivity contribution in [3.8, 4) is 11.9 Å². The molecule has 1 aromatic heterocycles. The van der Waals surface area contributed by atoms with Gasteiger partial charge in [0, 0.05) is 17.5 Å². The SMILES string of the molecule is CN(C)CC1(COc2nc(O)c3c4c(c(Br)c(F)c3n2)COC4)CC1. The molecule has 1 aliphatic heterocycles. The molecule has 8 heteroatoms. The van der Waals surface area contributed by atoms with Crippen LogP contribution in [0.15, 0.2) is 4.47 Å². The third-order valence-corrected chi connectivity index (χ3v) is 5.64. The number of rotatable bonds is 5. The molecule has 134 valence electrons. The number of hydrogen-bond acceptors (Lipinski definition) is 6. The highest BCUT2D eigenvalue weighted by Crippen LogP contribution is 2.46. The van der Waals surface area contributed by atoms with Gasteiger partial charge in [0.1, 0.15) is 5.52 Å². The topological polar surface area (TPSA) is 67.7 Å². The normalized spacial score (nSPS) is 18.0. The van der Waals surface area contributed by atoms with Crippen molar-refractivity contribution in [2.45, 2.75) is 26.1 Å². The fourth-order valence-electron chi connectivity index (χ4n) is 3.43. The predicted octanol–water partition coefficient (Wildman–Crippen LogP) is 2.99. The zero-order chi connectivity index (χ0) is 17.8. The van der Waals surface area contributed by atoms with Crippen molar-refractivity contribution < 1.29 is 19.0 Å². The summed E-state index contributed by atoms with van der Waals surface area (Å²) in [4.78, 5) is 10.4. The van der Waals surface area contributed by atoms with Gasteiger partial charge in [0.2, 0.25) is 5.88 Å². The number of fused-ring (bicyclic) bond motifs is 3. The number of aromatic nitrogens is 2. The monoisotopic (exact) mass is 411 g/mol. The molecule has 1 saturated carbocycles. The first-order valence-corrected chi connectivity index (χ1v) is 8.94. The zero-order valence-corrected chi connectivity index (χ0v) is 15.7. The van der Waals surface area contributed by atoms with Crippen molar-refractivity contribution in [2.75, 3.05) is 27.2 Å². The van der Waals surface area contributed by atoms with Crippen LogP contribution in [0.4, 0.5) is 4.39 Å². The van der Waals surface area contributed by atoms with E-state index in [9.17, 15) is 9.50 Å². The maximum absolute atomic E-state index is 14.7. The molecule has 2 aromatic rings. The molecule has 4 rings (SSSR count).